The first kappa shape index (κ1) is 14.6. The number of hydrogen-bond acceptors (Lipinski definition) is 5. The van der Waals surface area contributed by atoms with E-state index in [1.54, 1.807) is 0 Å². The number of thiocarbonyl (C=S) groups is 2. The molecule has 116 valence electrons. The maximum Gasteiger partial charge on any atom is 0.171 e. The third-order valence-corrected chi connectivity index (χ3v) is 7.51. The molecule has 3 N–H and O–H groups in total. The van der Waals surface area contributed by atoms with Gasteiger partial charge in [0.15, 0.2) is 5.11 Å². The molecule has 6 unspecified atom stereocenters. The summed E-state index contributed by atoms with van der Waals surface area (Å²) in [6, 6.07) is 0.931. The maximum absolute atomic E-state index is 6.03. The molecule has 7 heteroatoms. The monoisotopic (exact) mass is 343 g/mol. The summed E-state index contributed by atoms with van der Waals surface area (Å²) in [6.45, 7) is 5.25. The van der Waals surface area contributed by atoms with Crippen molar-refractivity contribution in [3.05, 3.63) is 0 Å². The number of rotatable bonds is 0. The Hall–Kier alpha value is 0.0500. The fraction of sp³-hybridized carbons (Fsp3) is 0.857. The second-order valence-corrected chi connectivity index (χ2v) is 9.31. The molecule has 0 aromatic heterocycles. The van der Waals surface area contributed by atoms with E-state index in [1.165, 1.54) is 6.42 Å². The second kappa shape index (κ2) is 5.03. The van der Waals surface area contributed by atoms with Crippen LogP contribution in [0, 0.1) is 11.8 Å². The van der Waals surface area contributed by atoms with Gasteiger partial charge in [-0.25, -0.2) is 0 Å². The molecule has 0 amide bonds. The summed E-state index contributed by atoms with van der Waals surface area (Å²) in [5.41, 5.74) is -0.00624. The zero-order chi connectivity index (χ0) is 14.8. The molecule has 0 aromatic carbocycles. The van der Waals surface area contributed by atoms with Gasteiger partial charge >= 0.3 is 0 Å². The third kappa shape index (κ3) is 2.51. The van der Waals surface area contributed by atoms with Crippen molar-refractivity contribution >= 4 is 46.3 Å². The molecule has 4 aliphatic rings. The van der Waals surface area contributed by atoms with Crippen molar-refractivity contribution in [3.63, 3.8) is 0 Å². The van der Waals surface area contributed by atoms with Gasteiger partial charge in [-0.15, -0.1) is 11.8 Å². The molecule has 0 radical (unpaired) electrons. The van der Waals surface area contributed by atoms with Crippen LogP contribution in [-0.4, -0.2) is 45.0 Å². The molecule has 6 atom stereocenters. The average molecular weight is 344 g/mol. The molecule has 0 bridgehead atoms. The first-order chi connectivity index (χ1) is 9.93. The van der Waals surface area contributed by atoms with Crippen molar-refractivity contribution in [2.75, 3.05) is 6.61 Å². The van der Waals surface area contributed by atoms with Crippen LogP contribution in [0.15, 0.2) is 0 Å². The highest BCUT2D eigenvalue weighted by Crippen LogP contribution is 2.47. The highest BCUT2D eigenvalue weighted by molar-refractivity contribution is 8.02. The summed E-state index contributed by atoms with van der Waals surface area (Å²) in [7, 11) is 0. The fourth-order valence-corrected chi connectivity index (χ4v) is 6.56. The fourth-order valence-electron chi connectivity index (χ4n) is 4.16. The van der Waals surface area contributed by atoms with Crippen LogP contribution in [0.1, 0.15) is 26.7 Å². The first-order valence-corrected chi connectivity index (χ1v) is 9.36. The molecule has 4 fully saturated rings. The average Bonchev–Trinajstić information content (AvgIpc) is 2.73. The van der Waals surface area contributed by atoms with Gasteiger partial charge < -0.3 is 20.7 Å². The van der Waals surface area contributed by atoms with Crippen molar-refractivity contribution in [2.24, 2.45) is 11.8 Å². The summed E-state index contributed by atoms with van der Waals surface area (Å²) in [5, 5.41) is 11.9. The van der Waals surface area contributed by atoms with Gasteiger partial charge in [-0.2, -0.15) is 0 Å². The van der Waals surface area contributed by atoms with Gasteiger partial charge in [0.05, 0.1) is 33.9 Å². The van der Waals surface area contributed by atoms with Crippen molar-refractivity contribution in [3.8, 4) is 0 Å². The van der Waals surface area contributed by atoms with E-state index in [0.717, 1.165) is 18.0 Å². The van der Waals surface area contributed by atoms with E-state index in [0.29, 0.717) is 39.7 Å². The van der Waals surface area contributed by atoms with Crippen LogP contribution < -0.4 is 16.0 Å². The molecule has 0 aliphatic carbocycles. The van der Waals surface area contributed by atoms with Crippen LogP contribution in [0.2, 0.25) is 0 Å². The van der Waals surface area contributed by atoms with Gasteiger partial charge in [0.2, 0.25) is 0 Å². The summed E-state index contributed by atoms with van der Waals surface area (Å²) in [6.07, 6.45) is 2.29. The van der Waals surface area contributed by atoms with Gasteiger partial charge in [0, 0.05) is 12.0 Å². The van der Waals surface area contributed by atoms with E-state index in [1.807, 2.05) is 11.8 Å². The lowest BCUT2D eigenvalue weighted by atomic mass is 9.75. The van der Waals surface area contributed by atoms with Crippen molar-refractivity contribution in [1.29, 1.82) is 0 Å². The number of nitrogens with one attached hydrogen (secondary N) is 3. The minimum Gasteiger partial charge on any atom is -0.375 e. The molecule has 0 aromatic rings. The Morgan fingerprint density at radius 3 is 2.95 bits per heavy atom. The second-order valence-electron chi connectivity index (χ2n) is 7.17. The smallest absolute Gasteiger partial charge is 0.171 e. The molecule has 4 saturated heterocycles. The number of piperidine rings is 1. The van der Waals surface area contributed by atoms with Crippen LogP contribution in [0.4, 0.5) is 0 Å². The SMILES string of the molecule is CC1(C)CC2NC3SC4C(=S)NC(=S)NC4C3CC2CO1. The number of hydrogen-bond donors (Lipinski definition) is 3. The van der Waals surface area contributed by atoms with Crippen molar-refractivity contribution in [1.82, 2.24) is 16.0 Å². The van der Waals surface area contributed by atoms with E-state index in [4.69, 9.17) is 29.2 Å². The number of ether oxygens (including phenoxy) is 1. The van der Waals surface area contributed by atoms with E-state index >= 15 is 0 Å². The minimum absolute atomic E-state index is 0.00624. The minimum atomic E-state index is -0.00624. The normalized spacial score (nSPS) is 47.7. The zero-order valence-electron chi connectivity index (χ0n) is 12.2. The molecule has 0 saturated carbocycles. The Kier molecular flexibility index (Phi) is 3.50. The van der Waals surface area contributed by atoms with Gasteiger partial charge in [0.1, 0.15) is 0 Å². The Labute approximate surface area is 140 Å². The van der Waals surface area contributed by atoms with Crippen LogP contribution in [0.3, 0.4) is 0 Å². The van der Waals surface area contributed by atoms with Crippen LogP contribution >= 0.6 is 36.2 Å². The third-order valence-electron chi connectivity index (χ3n) is 5.18. The largest absolute Gasteiger partial charge is 0.375 e. The van der Waals surface area contributed by atoms with E-state index in [2.05, 4.69) is 29.8 Å². The molecule has 4 aliphatic heterocycles. The molecular weight excluding hydrogens is 322 g/mol. The lowest BCUT2D eigenvalue weighted by Gasteiger charge is -2.48. The van der Waals surface area contributed by atoms with Crippen LogP contribution in [-0.2, 0) is 4.74 Å². The van der Waals surface area contributed by atoms with E-state index in [9.17, 15) is 0 Å². The van der Waals surface area contributed by atoms with Gasteiger partial charge in [-0.3, -0.25) is 0 Å². The Balaban J connectivity index is 1.54. The molecule has 4 heterocycles. The Morgan fingerprint density at radius 1 is 1.33 bits per heavy atom. The maximum atomic E-state index is 6.03. The summed E-state index contributed by atoms with van der Waals surface area (Å²) >= 11 is 12.7. The summed E-state index contributed by atoms with van der Waals surface area (Å²) in [4.78, 5) is 0.893. The number of fused-ring (bicyclic) bond motifs is 4. The quantitative estimate of drug-likeness (QED) is 0.575. The molecule has 4 nitrogen and oxygen atoms in total. The molecular formula is C14H21N3OS3. The molecule has 4 rings (SSSR count). The zero-order valence-corrected chi connectivity index (χ0v) is 14.7. The first-order valence-electron chi connectivity index (χ1n) is 7.60. The number of thioether (sulfide) groups is 1. The van der Waals surface area contributed by atoms with Crippen LogP contribution in [0.5, 0.6) is 0 Å². The lowest BCUT2D eigenvalue weighted by molar-refractivity contribution is -0.104. The van der Waals surface area contributed by atoms with Crippen molar-refractivity contribution < 1.29 is 4.74 Å². The summed E-state index contributed by atoms with van der Waals surface area (Å²) < 4.78 is 6.03. The van der Waals surface area contributed by atoms with Gasteiger partial charge in [0.25, 0.3) is 0 Å². The molecule has 21 heavy (non-hydrogen) atoms. The molecule has 0 spiro atoms. The van der Waals surface area contributed by atoms with E-state index < -0.39 is 0 Å². The Bertz CT molecular complexity index is 498. The van der Waals surface area contributed by atoms with Crippen molar-refractivity contribution in [2.45, 2.75) is 55.0 Å². The topological polar surface area (TPSA) is 45.3 Å². The predicted molar refractivity (Wildman–Crippen MR) is 93.6 cm³/mol. The standard InChI is InChI=1S/C14H21N3OS3/c1-14(2)4-8-6(5-18-14)3-7-9-10(21-12(7)15-8)11(19)17-13(20)16-9/h6-10,12,15H,3-5H2,1-2H3,(H2,16,17,19,20). The van der Waals surface area contributed by atoms with Gasteiger partial charge in [-0.05, 0) is 44.8 Å². The predicted octanol–water partition coefficient (Wildman–Crippen LogP) is 1.39. The Morgan fingerprint density at radius 2 is 2.14 bits per heavy atom. The van der Waals surface area contributed by atoms with Crippen LogP contribution in [0.25, 0.3) is 0 Å². The van der Waals surface area contributed by atoms with Gasteiger partial charge in [-0.1, -0.05) is 12.2 Å². The highest BCUT2D eigenvalue weighted by atomic mass is 32.2. The van der Waals surface area contributed by atoms with E-state index in [-0.39, 0.29) is 5.60 Å². The summed E-state index contributed by atoms with van der Waals surface area (Å²) in [5.74, 6) is 1.18. The lowest BCUT2D eigenvalue weighted by Crippen LogP contribution is -2.62. The highest BCUT2D eigenvalue weighted by Gasteiger charge is 2.53.